The third kappa shape index (κ3) is 3.89. The van der Waals surface area contributed by atoms with Crippen LogP contribution in [-0.4, -0.2) is 18.1 Å². The van der Waals surface area contributed by atoms with Gasteiger partial charge < -0.3 is 10.1 Å². The van der Waals surface area contributed by atoms with Gasteiger partial charge in [0.25, 0.3) is 0 Å². The van der Waals surface area contributed by atoms with Gasteiger partial charge in [-0.25, -0.2) is 4.39 Å². The van der Waals surface area contributed by atoms with E-state index in [0.29, 0.717) is 5.02 Å². The number of ether oxygens (including phenoxy) is 1. The highest BCUT2D eigenvalue weighted by atomic mass is 35.5. The van der Waals surface area contributed by atoms with Crippen molar-refractivity contribution < 1.29 is 9.13 Å². The van der Waals surface area contributed by atoms with E-state index in [0.717, 1.165) is 25.1 Å². The Morgan fingerprint density at radius 2 is 2.00 bits per heavy atom. The summed E-state index contributed by atoms with van der Waals surface area (Å²) in [5.74, 6) is -0.428. The smallest absolute Gasteiger partial charge is 0.174 e. The quantitative estimate of drug-likeness (QED) is 0.824. The zero-order chi connectivity index (χ0) is 16.4. The first-order valence-electron chi connectivity index (χ1n) is 7.17. The van der Waals surface area contributed by atoms with Crippen LogP contribution >= 0.6 is 34.8 Å². The molecular formula is C16H14Cl3FN2O. The van der Waals surface area contributed by atoms with Gasteiger partial charge in [0.1, 0.15) is 6.10 Å². The minimum atomic E-state index is -0.589. The van der Waals surface area contributed by atoms with Crippen LogP contribution in [-0.2, 0) is 0 Å². The van der Waals surface area contributed by atoms with Crippen LogP contribution in [0.2, 0.25) is 15.1 Å². The predicted molar refractivity (Wildman–Crippen MR) is 90.0 cm³/mol. The number of halogens is 4. The molecule has 23 heavy (non-hydrogen) atoms. The second-order valence-corrected chi connectivity index (χ2v) is 6.71. The molecule has 0 bridgehead atoms. The molecule has 1 aliphatic heterocycles. The number of hydrogen-bond donors (Lipinski definition) is 1. The van der Waals surface area contributed by atoms with Gasteiger partial charge in [0.2, 0.25) is 0 Å². The van der Waals surface area contributed by atoms with Gasteiger partial charge in [-0.2, -0.15) is 0 Å². The molecular weight excluding hydrogens is 362 g/mol. The van der Waals surface area contributed by atoms with Crippen molar-refractivity contribution in [2.75, 3.05) is 13.1 Å². The van der Waals surface area contributed by atoms with Crippen LogP contribution in [0.3, 0.4) is 0 Å². The molecule has 7 heteroatoms. The van der Waals surface area contributed by atoms with E-state index in [1.165, 1.54) is 12.1 Å². The summed E-state index contributed by atoms with van der Waals surface area (Å²) in [7, 11) is 0. The van der Waals surface area contributed by atoms with E-state index in [9.17, 15) is 4.39 Å². The maximum absolute atomic E-state index is 14.2. The lowest BCUT2D eigenvalue weighted by molar-refractivity contribution is 0.138. The van der Waals surface area contributed by atoms with Crippen molar-refractivity contribution in [2.24, 2.45) is 5.92 Å². The summed E-state index contributed by atoms with van der Waals surface area (Å²) in [6.07, 6.45) is 3.73. The van der Waals surface area contributed by atoms with Crippen LogP contribution in [0.4, 0.5) is 4.39 Å². The first kappa shape index (κ1) is 16.8. The van der Waals surface area contributed by atoms with E-state index in [1.54, 1.807) is 18.5 Å². The number of aromatic nitrogens is 1. The SMILES string of the molecule is Fc1cc(Cl)cc(Cl)c1OC(c1cncc(Cl)c1)C1CCNC1. The lowest BCUT2D eigenvalue weighted by Crippen LogP contribution is -2.22. The normalized spacial score (nSPS) is 18.9. The average molecular weight is 376 g/mol. The highest BCUT2D eigenvalue weighted by Crippen LogP contribution is 2.38. The molecule has 0 aliphatic carbocycles. The zero-order valence-electron chi connectivity index (χ0n) is 12.0. The summed E-state index contributed by atoms with van der Waals surface area (Å²) in [6, 6.07) is 4.42. The van der Waals surface area contributed by atoms with Crippen molar-refractivity contribution >= 4 is 34.8 Å². The maximum Gasteiger partial charge on any atom is 0.174 e. The summed E-state index contributed by atoms with van der Waals surface area (Å²) in [5, 5.41) is 4.15. The average Bonchev–Trinajstić information content (AvgIpc) is 3.00. The topological polar surface area (TPSA) is 34.1 Å². The Bertz CT molecular complexity index is 684. The fourth-order valence-electron chi connectivity index (χ4n) is 2.72. The molecule has 0 spiro atoms. The number of nitrogens with one attached hydrogen (secondary N) is 1. The van der Waals surface area contributed by atoms with E-state index < -0.39 is 11.9 Å². The van der Waals surface area contributed by atoms with Gasteiger partial charge in [-0.05, 0) is 31.2 Å². The van der Waals surface area contributed by atoms with E-state index in [1.807, 2.05) is 0 Å². The number of benzene rings is 1. The van der Waals surface area contributed by atoms with Crippen molar-refractivity contribution in [1.82, 2.24) is 10.3 Å². The van der Waals surface area contributed by atoms with E-state index in [-0.39, 0.29) is 21.7 Å². The largest absolute Gasteiger partial charge is 0.481 e. The first-order valence-corrected chi connectivity index (χ1v) is 8.30. The third-order valence-corrected chi connectivity index (χ3v) is 4.49. The highest BCUT2D eigenvalue weighted by molar-refractivity contribution is 6.35. The van der Waals surface area contributed by atoms with Gasteiger partial charge in [0.15, 0.2) is 11.6 Å². The Morgan fingerprint density at radius 1 is 1.17 bits per heavy atom. The molecule has 1 aromatic carbocycles. The molecule has 2 heterocycles. The molecule has 1 aliphatic rings. The van der Waals surface area contributed by atoms with Gasteiger partial charge in [-0.15, -0.1) is 0 Å². The monoisotopic (exact) mass is 374 g/mol. The van der Waals surface area contributed by atoms with Crippen molar-refractivity contribution in [3.8, 4) is 5.75 Å². The molecule has 0 saturated carbocycles. The van der Waals surface area contributed by atoms with Crippen molar-refractivity contribution in [2.45, 2.75) is 12.5 Å². The van der Waals surface area contributed by atoms with Crippen molar-refractivity contribution in [3.63, 3.8) is 0 Å². The number of hydrogen-bond acceptors (Lipinski definition) is 3. The molecule has 3 nitrogen and oxygen atoms in total. The van der Waals surface area contributed by atoms with Gasteiger partial charge in [0, 0.05) is 35.4 Å². The third-order valence-electron chi connectivity index (χ3n) is 3.79. The van der Waals surface area contributed by atoms with Crippen molar-refractivity contribution in [1.29, 1.82) is 0 Å². The molecule has 2 atom stereocenters. The van der Waals surface area contributed by atoms with Crippen LogP contribution in [0.1, 0.15) is 18.1 Å². The highest BCUT2D eigenvalue weighted by Gasteiger charge is 2.30. The summed E-state index contributed by atoms with van der Waals surface area (Å²) >= 11 is 17.9. The molecule has 1 saturated heterocycles. The Balaban J connectivity index is 1.96. The lowest BCUT2D eigenvalue weighted by Gasteiger charge is -2.25. The van der Waals surface area contributed by atoms with Gasteiger partial charge in [-0.3, -0.25) is 4.98 Å². The Morgan fingerprint density at radius 3 is 2.65 bits per heavy atom. The molecule has 0 radical (unpaired) electrons. The standard InChI is InChI=1S/C16H14Cl3FN2O/c17-11-4-13(19)16(14(20)5-11)23-15(9-1-2-21-6-9)10-3-12(18)8-22-7-10/h3-5,7-9,15,21H,1-2,6H2. The molecule has 1 aromatic heterocycles. The first-order chi connectivity index (χ1) is 11.0. The van der Waals surface area contributed by atoms with E-state index >= 15 is 0 Å². The number of nitrogens with zero attached hydrogens (tertiary/aromatic N) is 1. The van der Waals surface area contributed by atoms with Gasteiger partial charge >= 0.3 is 0 Å². The summed E-state index contributed by atoms with van der Waals surface area (Å²) in [6.45, 7) is 1.65. The minimum Gasteiger partial charge on any atom is -0.481 e. The summed E-state index contributed by atoms with van der Waals surface area (Å²) in [5.41, 5.74) is 0.789. The van der Waals surface area contributed by atoms with E-state index in [4.69, 9.17) is 39.5 Å². The molecule has 0 amide bonds. The Kier molecular flexibility index (Phi) is 5.27. The maximum atomic E-state index is 14.2. The molecule has 1 fully saturated rings. The van der Waals surface area contributed by atoms with Crippen molar-refractivity contribution in [3.05, 3.63) is 57.0 Å². The summed E-state index contributed by atoms with van der Waals surface area (Å²) < 4.78 is 20.2. The number of pyridine rings is 1. The summed E-state index contributed by atoms with van der Waals surface area (Å²) in [4.78, 5) is 4.10. The Labute approximate surface area is 148 Å². The van der Waals surface area contributed by atoms with Crippen LogP contribution in [0.25, 0.3) is 0 Å². The van der Waals surface area contributed by atoms with Crippen LogP contribution in [0.5, 0.6) is 5.75 Å². The minimum absolute atomic E-state index is 0.00654. The van der Waals surface area contributed by atoms with Crippen LogP contribution < -0.4 is 10.1 Å². The van der Waals surface area contributed by atoms with Crippen LogP contribution in [0, 0.1) is 11.7 Å². The van der Waals surface area contributed by atoms with Gasteiger partial charge in [-0.1, -0.05) is 34.8 Å². The van der Waals surface area contributed by atoms with Gasteiger partial charge in [0.05, 0.1) is 10.0 Å². The fourth-order valence-corrected chi connectivity index (χ4v) is 3.42. The predicted octanol–water partition coefficient (Wildman–Crippen LogP) is 4.91. The zero-order valence-corrected chi connectivity index (χ0v) is 14.3. The number of rotatable bonds is 4. The van der Waals surface area contributed by atoms with E-state index in [2.05, 4.69) is 10.3 Å². The molecule has 2 unspecified atom stereocenters. The fraction of sp³-hybridized carbons (Fsp3) is 0.312. The Hall–Kier alpha value is -1.07. The molecule has 2 aromatic rings. The second kappa shape index (κ2) is 7.22. The lowest BCUT2D eigenvalue weighted by atomic mass is 9.96. The second-order valence-electron chi connectivity index (χ2n) is 5.43. The molecule has 122 valence electrons. The molecule has 3 rings (SSSR count). The molecule has 1 N–H and O–H groups in total. The van der Waals surface area contributed by atoms with Crippen LogP contribution in [0.15, 0.2) is 30.6 Å².